The number of hydrogen-bond donors (Lipinski definition) is 4. The Labute approximate surface area is 109 Å². The number of ether oxygens (including phenoxy) is 1. The van der Waals surface area contributed by atoms with Gasteiger partial charge in [-0.15, -0.1) is 0 Å². The number of carboxylic acid groups (broad SMARTS) is 1. The summed E-state index contributed by atoms with van der Waals surface area (Å²) in [6.07, 6.45) is 0.486. The van der Waals surface area contributed by atoms with Crippen molar-refractivity contribution in [1.82, 2.24) is 16.0 Å². The molecule has 8 heteroatoms. The molecule has 2 aliphatic heterocycles. The zero-order valence-electron chi connectivity index (χ0n) is 10.4. The van der Waals surface area contributed by atoms with Crippen LogP contribution in [0.3, 0.4) is 0 Å². The summed E-state index contributed by atoms with van der Waals surface area (Å²) < 4.78 is 5.13. The van der Waals surface area contributed by atoms with Crippen molar-refractivity contribution in [2.75, 3.05) is 26.3 Å². The van der Waals surface area contributed by atoms with E-state index in [-0.39, 0.29) is 31.8 Å². The average molecular weight is 271 g/mol. The first-order chi connectivity index (χ1) is 9.03. The van der Waals surface area contributed by atoms with Gasteiger partial charge in [0.2, 0.25) is 11.8 Å². The minimum Gasteiger partial charge on any atom is -0.480 e. The van der Waals surface area contributed by atoms with Crippen LogP contribution in [-0.4, -0.2) is 60.8 Å². The molecular weight excluding hydrogens is 254 g/mol. The van der Waals surface area contributed by atoms with Crippen molar-refractivity contribution in [3.8, 4) is 0 Å². The van der Waals surface area contributed by atoms with Crippen molar-refractivity contribution in [3.63, 3.8) is 0 Å². The summed E-state index contributed by atoms with van der Waals surface area (Å²) in [5.41, 5.74) is -1.27. The lowest BCUT2D eigenvalue weighted by molar-refractivity contribution is -0.152. The molecule has 0 aromatic rings. The van der Waals surface area contributed by atoms with Crippen molar-refractivity contribution in [3.05, 3.63) is 0 Å². The van der Waals surface area contributed by atoms with E-state index in [9.17, 15) is 19.5 Å². The fraction of sp³-hybridized carbons (Fsp3) is 0.727. The first-order valence-electron chi connectivity index (χ1n) is 6.17. The molecular formula is C11H17N3O5. The van der Waals surface area contributed by atoms with Crippen LogP contribution >= 0.6 is 0 Å². The molecule has 4 N–H and O–H groups in total. The highest BCUT2D eigenvalue weighted by molar-refractivity contribution is 5.91. The van der Waals surface area contributed by atoms with Gasteiger partial charge in [0.05, 0.1) is 6.54 Å². The second kappa shape index (κ2) is 5.54. The van der Waals surface area contributed by atoms with Crippen molar-refractivity contribution >= 4 is 17.8 Å². The normalized spacial score (nSPS) is 26.3. The van der Waals surface area contributed by atoms with E-state index in [4.69, 9.17) is 4.74 Å². The molecule has 2 heterocycles. The van der Waals surface area contributed by atoms with Gasteiger partial charge in [0.15, 0.2) is 0 Å². The molecule has 2 aliphatic rings. The maximum Gasteiger partial charge on any atom is 0.329 e. The Balaban J connectivity index is 1.99. The molecule has 0 radical (unpaired) electrons. The standard InChI is InChI=1S/C11H17N3O5/c15-8-6-12-7(5-13-8)9(16)14-11(10(17)18)1-3-19-4-2-11/h7,12H,1-6H2,(H,13,15)(H,14,16)(H,17,18). The van der Waals surface area contributed by atoms with E-state index < -0.39 is 23.5 Å². The third-order valence-corrected chi connectivity index (χ3v) is 3.45. The maximum absolute atomic E-state index is 12.1. The van der Waals surface area contributed by atoms with Crippen LogP contribution in [0, 0.1) is 0 Å². The number of carbonyl (C=O) groups excluding carboxylic acids is 2. The summed E-state index contributed by atoms with van der Waals surface area (Å²) in [4.78, 5) is 34.4. The van der Waals surface area contributed by atoms with E-state index in [1.807, 2.05) is 0 Å². The number of amides is 2. The van der Waals surface area contributed by atoms with Gasteiger partial charge in [-0.1, -0.05) is 0 Å². The highest BCUT2D eigenvalue weighted by atomic mass is 16.5. The summed E-state index contributed by atoms with van der Waals surface area (Å²) in [5, 5.41) is 17.2. The lowest BCUT2D eigenvalue weighted by Crippen LogP contribution is -2.64. The van der Waals surface area contributed by atoms with Gasteiger partial charge in [0.1, 0.15) is 11.6 Å². The minimum absolute atomic E-state index is 0.0568. The summed E-state index contributed by atoms with van der Waals surface area (Å²) in [5.74, 6) is -1.64. The van der Waals surface area contributed by atoms with Gasteiger partial charge in [-0.3, -0.25) is 14.9 Å². The Morgan fingerprint density at radius 3 is 2.58 bits per heavy atom. The number of carbonyl (C=O) groups is 3. The maximum atomic E-state index is 12.1. The molecule has 1 atom stereocenters. The van der Waals surface area contributed by atoms with Crippen LogP contribution < -0.4 is 16.0 Å². The number of hydrogen-bond acceptors (Lipinski definition) is 5. The minimum atomic E-state index is -1.27. The van der Waals surface area contributed by atoms with Crippen molar-refractivity contribution in [2.45, 2.75) is 24.4 Å². The summed E-state index contributed by atoms with van der Waals surface area (Å²) in [7, 11) is 0. The van der Waals surface area contributed by atoms with Crippen LogP contribution in [-0.2, 0) is 19.1 Å². The molecule has 0 aliphatic carbocycles. The van der Waals surface area contributed by atoms with Crippen LogP contribution in [0.5, 0.6) is 0 Å². The second-order valence-corrected chi connectivity index (χ2v) is 4.73. The van der Waals surface area contributed by atoms with Crippen LogP contribution in [0.15, 0.2) is 0 Å². The monoisotopic (exact) mass is 271 g/mol. The predicted molar refractivity (Wildman–Crippen MR) is 63.4 cm³/mol. The van der Waals surface area contributed by atoms with E-state index in [1.165, 1.54) is 0 Å². The van der Waals surface area contributed by atoms with Gasteiger partial charge >= 0.3 is 5.97 Å². The van der Waals surface area contributed by atoms with Gasteiger partial charge in [-0.25, -0.2) is 4.79 Å². The number of rotatable bonds is 3. The zero-order chi connectivity index (χ0) is 13.9. The van der Waals surface area contributed by atoms with E-state index in [0.717, 1.165) is 0 Å². The fourth-order valence-corrected chi connectivity index (χ4v) is 2.19. The molecule has 0 spiro atoms. The predicted octanol–water partition coefficient (Wildman–Crippen LogP) is -2.18. The first kappa shape index (κ1) is 13.8. The number of piperazine rings is 1. The summed E-state index contributed by atoms with van der Waals surface area (Å²) in [6.45, 7) is 0.834. The Morgan fingerprint density at radius 2 is 2.05 bits per heavy atom. The zero-order valence-corrected chi connectivity index (χ0v) is 10.4. The van der Waals surface area contributed by atoms with Crippen LogP contribution in [0.1, 0.15) is 12.8 Å². The third kappa shape index (κ3) is 3.02. The van der Waals surface area contributed by atoms with E-state index in [0.29, 0.717) is 13.2 Å². The molecule has 0 saturated carbocycles. The molecule has 0 bridgehead atoms. The van der Waals surface area contributed by atoms with Gasteiger partial charge in [-0.2, -0.15) is 0 Å². The molecule has 0 aromatic carbocycles. The molecule has 2 rings (SSSR count). The van der Waals surface area contributed by atoms with Crippen LogP contribution in [0.25, 0.3) is 0 Å². The van der Waals surface area contributed by atoms with Crippen molar-refractivity contribution in [2.24, 2.45) is 0 Å². The molecule has 8 nitrogen and oxygen atoms in total. The van der Waals surface area contributed by atoms with Crippen molar-refractivity contribution < 1.29 is 24.2 Å². The SMILES string of the molecule is O=C1CNC(C(=O)NC2(C(=O)O)CCOCC2)CN1. The van der Waals surface area contributed by atoms with Crippen LogP contribution in [0.2, 0.25) is 0 Å². The largest absolute Gasteiger partial charge is 0.480 e. The lowest BCUT2D eigenvalue weighted by Gasteiger charge is -2.35. The Morgan fingerprint density at radius 1 is 1.37 bits per heavy atom. The summed E-state index contributed by atoms with van der Waals surface area (Å²) in [6, 6.07) is -0.600. The molecule has 2 amide bonds. The highest BCUT2D eigenvalue weighted by Crippen LogP contribution is 2.21. The molecule has 106 valence electrons. The summed E-state index contributed by atoms with van der Waals surface area (Å²) >= 11 is 0. The first-order valence-corrected chi connectivity index (χ1v) is 6.17. The molecule has 19 heavy (non-hydrogen) atoms. The van der Waals surface area contributed by atoms with Gasteiger partial charge in [0, 0.05) is 32.6 Å². The quantitative estimate of drug-likeness (QED) is 0.464. The van der Waals surface area contributed by atoms with E-state index in [2.05, 4.69) is 16.0 Å². The van der Waals surface area contributed by atoms with E-state index >= 15 is 0 Å². The number of nitrogens with one attached hydrogen (secondary N) is 3. The Kier molecular flexibility index (Phi) is 4.01. The molecule has 2 fully saturated rings. The third-order valence-electron chi connectivity index (χ3n) is 3.45. The van der Waals surface area contributed by atoms with Crippen LogP contribution in [0.4, 0.5) is 0 Å². The fourth-order valence-electron chi connectivity index (χ4n) is 2.19. The van der Waals surface area contributed by atoms with Gasteiger partial charge in [0.25, 0.3) is 0 Å². The van der Waals surface area contributed by atoms with Crippen molar-refractivity contribution in [1.29, 1.82) is 0 Å². The number of carboxylic acids is 1. The van der Waals surface area contributed by atoms with Gasteiger partial charge < -0.3 is 20.5 Å². The highest BCUT2D eigenvalue weighted by Gasteiger charge is 2.43. The average Bonchev–Trinajstić information content (AvgIpc) is 2.40. The van der Waals surface area contributed by atoms with Gasteiger partial charge in [-0.05, 0) is 0 Å². The molecule has 1 unspecified atom stereocenters. The molecule has 0 aromatic heterocycles. The second-order valence-electron chi connectivity index (χ2n) is 4.73. The Bertz CT molecular complexity index is 382. The smallest absolute Gasteiger partial charge is 0.329 e. The topological polar surface area (TPSA) is 117 Å². The lowest BCUT2D eigenvalue weighted by atomic mass is 9.89. The molecule has 2 saturated heterocycles. The Hall–Kier alpha value is -1.67. The number of aliphatic carboxylic acids is 1. The van der Waals surface area contributed by atoms with E-state index in [1.54, 1.807) is 0 Å².